The molecule has 1 N–H and O–H groups in total. The van der Waals surface area contributed by atoms with Crippen molar-refractivity contribution < 1.29 is 13.9 Å². The summed E-state index contributed by atoms with van der Waals surface area (Å²) in [7, 11) is 2.09. The van der Waals surface area contributed by atoms with Crippen LogP contribution in [-0.4, -0.2) is 78.2 Å². The zero-order valence-electron chi connectivity index (χ0n) is 21.0. The van der Waals surface area contributed by atoms with Gasteiger partial charge in [-0.25, -0.2) is 9.97 Å². The van der Waals surface area contributed by atoms with Gasteiger partial charge in [-0.3, -0.25) is 4.79 Å². The molecule has 2 aliphatic rings. The van der Waals surface area contributed by atoms with E-state index in [1.54, 1.807) is 0 Å². The summed E-state index contributed by atoms with van der Waals surface area (Å²) >= 11 is 0. The fourth-order valence-electron chi connectivity index (χ4n) is 5.12. The van der Waals surface area contributed by atoms with E-state index in [2.05, 4.69) is 39.4 Å². The van der Waals surface area contributed by atoms with E-state index in [-0.39, 0.29) is 12.0 Å². The number of aromatic nitrogens is 2. The van der Waals surface area contributed by atoms with Crippen LogP contribution in [0.4, 0.5) is 5.82 Å². The Morgan fingerprint density at radius 3 is 2.51 bits per heavy atom. The summed E-state index contributed by atoms with van der Waals surface area (Å²) in [5.74, 6) is 1.51. The highest BCUT2D eigenvalue weighted by atomic mass is 16.5. The van der Waals surface area contributed by atoms with Gasteiger partial charge in [0.15, 0.2) is 0 Å². The number of rotatable bonds is 6. The van der Waals surface area contributed by atoms with Gasteiger partial charge in [0.2, 0.25) is 5.71 Å². The Hall–Kier alpha value is -3.75. The van der Waals surface area contributed by atoms with E-state index in [4.69, 9.17) is 9.15 Å². The Bertz CT molecular complexity index is 1370. The molecule has 190 valence electrons. The quantitative estimate of drug-likeness (QED) is 0.419. The molecule has 1 atom stereocenters. The lowest BCUT2D eigenvalue weighted by Crippen LogP contribution is -2.47. The lowest BCUT2D eigenvalue weighted by atomic mass is 9.98. The molecule has 4 aromatic rings. The van der Waals surface area contributed by atoms with Crippen molar-refractivity contribution in [2.24, 2.45) is 0 Å². The normalized spacial score (nSPS) is 18.4. The van der Waals surface area contributed by atoms with Crippen LogP contribution in [0.2, 0.25) is 0 Å². The van der Waals surface area contributed by atoms with Crippen molar-refractivity contribution in [3.05, 3.63) is 66.5 Å². The molecule has 2 fully saturated rings. The van der Waals surface area contributed by atoms with Gasteiger partial charge in [-0.15, -0.1) is 0 Å². The van der Waals surface area contributed by atoms with Crippen LogP contribution in [0.5, 0.6) is 0 Å². The number of nitrogens with one attached hydrogen (secondary N) is 1. The van der Waals surface area contributed by atoms with Crippen molar-refractivity contribution in [2.45, 2.75) is 18.9 Å². The van der Waals surface area contributed by atoms with Gasteiger partial charge in [-0.05, 0) is 37.6 Å². The zero-order valence-corrected chi connectivity index (χ0v) is 21.0. The number of furan rings is 1. The largest absolute Gasteiger partial charge is 0.437 e. The molecule has 0 saturated carbocycles. The topological polar surface area (TPSA) is 83.7 Å². The van der Waals surface area contributed by atoms with E-state index in [1.165, 1.54) is 6.33 Å². The minimum atomic E-state index is 0.0685. The molecule has 4 heterocycles. The first kappa shape index (κ1) is 23.6. The average Bonchev–Trinajstić information content (AvgIpc) is 3.61. The third-order valence-electron chi connectivity index (χ3n) is 7.26. The number of amides is 1. The summed E-state index contributed by atoms with van der Waals surface area (Å²) in [6.07, 6.45) is 3.84. The number of ether oxygens (including phenoxy) is 1. The molecule has 2 aliphatic heterocycles. The minimum Gasteiger partial charge on any atom is -0.437 e. The van der Waals surface area contributed by atoms with E-state index < -0.39 is 0 Å². The Kier molecular flexibility index (Phi) is 6.59. The molecule has 2 aromatic heterocycles. The van der Waals surface area contributed by atoms with Crippen LogP contribution in [0.15, 0.2) is 65.3 Å². The first-order chi connectivity index (χ1) is 18.2. The highest BCUT2D eigenvalue weighted by molar-refractivity contribution is 6.06. The van der Waals surface area contributed by atoms with E-state index in [0.717, 1.165) is 73.5 Å². The van der Waals surface area contributed by atoms with Crippen LogP contribution in [0, 0.1) is 0 Å². The molecule has 0 radical (unpaired) electrons. The zero-order chi connectivity index (χ0) is 25.2. The van der Waals surface area contributed by atoms with Gasteiger partial charge in [0, 0.05) is 56.0 Å². The summed E-state index contributed by atoms with van der Waals surface area (Å²) in [6, 6.07) is 17.8. The van der Waals surface area contributed by atoms with Crippen LogP contribution in [0.25, 0.3) is 33.6 Å². The second-order valence-corrected chi connectivity index (χ2v) is 9.76. The molecule has 6 rings (SSSR count). The summed E-state index contributed by atoms with van der Waals surface area (Å²) < 4.78 is 12.2. The predicted molar refractivity (Wildman–Crippen MR) is 144 cm³/mol. The number of hydrogen-bond donors (Lipinski definition) is 1. The van der Waals surface area contributed by atoms with E-state index in [9.17, 15) is 4.79 Å². The Morgan fingerprint density at radius 2 is 1.78 bits per heavy atom. The van der Waals surface area contributed by atoms with Gasteiger partial charge in [-0.1, -0.05) is 42.5 Å². The average molecular weight is 498 g/mol. The maximum atomic E-state index is 13.1. The number of nitrogens with zero attached hydrogens (tertiary/aromatic N) is 4. The first-order valence-corrected chi connectivity index (χ1v) is 12.9. The monoisotopic (exact) mass is 497 g/mol. The van der Waals surface area contributed by atoms with Gasteiger partial charge < -0.3 is 24.3 Å². The molecular formula is C29H31N5O3. The van der Waals surface area contributed by atoms with Crippen LogP contribution in [-0.2, 0) is 4.74 Å². The molecular weight excluding hydrogens is 466 g/mol. The first-order valence-electron chi connectivity index (χ1n) is 12.9. The van der Waals surface area contributed by atoms with Gasteiger partial charge >= 0.3 is 0 Å². The number of benzene rings is 2. The predicted octanol–water partition coefficient (Wildman–Crippen LogP) is 4.54. The van der Waals surface area contributed by atoms with Gasteiger partial charge in [0.05, 0.1) is 11.5 Å². The second kappa shape index (κ2) is 10.3. The molecule has 37 heavy (non-hydrogen) atoms. The van der Waals surface area contributed by atoms with Crippen molar-refractivity contribution in [1.29, 1.82) is 0 Å². The maximum Gasteiger partial charge on any atom is 0.253 e. The van der Waals surface area contributed by atoms with Gasteiger partial charge in [0.1, 0.15) is 17.9 Å². The highest BCUT2D eigenvalue weighted by Crippen LogP contribution is 2.42. The third-order valence-corrected chi connectivity index (χ3v) is 7.26. The van der Waals surface area contributed by atoms with E-state index in [1.807, 2.05) is 47.4 Å². The van der Waals surface area contributed by atoms with Gasteiger partial charge in [-0.2, -0.15) is 0 Å². The number of likely N-dealkylation sites (N-methyl/N-ethyl adjacent to an activating group) is 1. The van der Waals surface area contributed by atoms with Crippen LogP contribution in [0.1, 0.15) is 23.2 Å². The molecule has 2 saturated heterocycles. The number of carbonyl (C=O) groups excluding carboxylic acids is 1. The van der Waals surface area contributed by atoms with Crippen LogP contribution < -0.4 is 5.32 Å². The van der Waals surface area contributed by atoms with Crippen molar-refractivity contribution in [1.82, 2.24) is 19.8 Å². The minimum absolute atomic E-state index is 0.0685. The molecule has 1 amide bonds. The molecule has 8 heteroatoms. The summed E-state index contributed by atoms with van der Waals surface area (Å²) in [5, 5.41) is 4.32. The van der Waals surface area contributed by atoms with Crippen molar-refractivity contribution in [3.8, 4) is 22.5 Å². The Morgan fingerprint density at radius 1 is 1.00 bits per heavy atom. The molecule has 0 aliphatic carbocycles. The number of hydrogen-bond acceptors (Lipinski definition) is 7. The number of fused-ring (bicyclic) bond motifs is 1. The fourth-order valence-corrected chi connectivity index (χ4v) is 5.12. The van der Waals surface area contributed by atoms with E-state index >= 15 is 0 Å². The lowest BCUT2D eigenvalue weighted by molar-refractivity contribution is 0.0664. The smallest absolute Gasteiger partial charge is 0.253 e. The Labute approximate surface area is 216 Å². The Balaban J connectivity index is 1.36. The second-order valence-electron chi connectivity index (χ2n) is 9.76. The van der Waals surface area contributed by atoms with Crippen molar-refractivity contribution in [3.63, 3.8) is 0 Å². The molecule has 1 unspecified atom stereocenters. The molecule has 8 nitrogen and oxygen atoms in total. The maximum absolute atomic E-state index is 13.1. The van der Waals surface area contributed by atoms with E-state index in [0.29, 0.717) is 23.6 Å². The van der Waals surface area contributed by atoms with Crippen LogP contribution >= 0.6 is 0 Å². The number of anilines is 1. The van der Waals surface area contributed by atoms with Crippen molar-refractivity contribution in [2.75, 3.05) is 51.7 Å². The fraction of sp³-hybridized carbons (Fsp3) is 0.345. The summed E-state index contributed by atoms with van der Waals surface area (Å²) in [6.45, 7) is 4.78. The molecule has 0 bridgehead atoms. The van der Waals surface area contributed by atoms with Gasteiger partial charge in [0.25, 0.3) is 5.91 Å². The third kappa shape index (κ3) is 4.82. The van der Waals surface area contributed by atoms with Crippen LogP contribution in [0.3, 0.4) is 0 Å². The molecule has 0 spiro atoms. The van der Waals surface area contributed by atoms with Crippen molar-refractivity contribution >= 4 is 22.8 Å². The lowest BCUT2D eigenvalue weighted by Gasteiger charge is -2.32. The molecule has 2 aromatic carbocycles. The summed E-state index contributed by atoms with van der Waals surface area (Å²) in [5.41, 5.74) is 4.05. The number of piperazine rings is 1. The standard InChI is InChI=1S/C29H31N5O3/c1-33-13-15-34(16-14-33)29(35)22-11-9-21(10-12-22)26-24(20-6-3-2-4-7-20)25-27(31-19-32-28(25)37-26)30-18-23-8-5-17-36-23/h2-4,6-7,9-12,19,23H,5,8,13-18H2,1H3,(H,30,31,32). The summed E-state index contributed by atoms with van der Waals surface area (Å²) in [4.78, 5) is 26.2. The SMILES string of the molecule is CN1CCN(C(=O)c2ccc(-c3oc4ncnc(NCC5CCCO5)c4c3-c3ccccc3)cc2)CC1. The highest BCUT2D eigenvalue weighted by Gasteiger charge is 2.24. The number of carbonyl (C=O) groups is 1.